The molecule has 7 nitrogen and oxygen atoms in total. The van der Waals surface area contributed by atoms with E-state index in [1.807, 2.05) is 18.2 Å². The van der Waals surface area contributed by atoms with Crippen molar-refractivity contribution in [3.05, 3.63) is 53.9 Å². The third-order valence-corrected chi connectivity index (χ3v) is 5.17. The summed E-state index contributed by atoms with van der Waals surface area (Å²) >= 11 is 0. The van der Waals surface area contributed by atoms with Gasteiger partial charge in [0.25, 0.3) is 5.91 Å². The Bertz CT molecular complexity index is 850. The number of benzene rings is 1. The quantitative estimate of drug-likeness (QED) is 0.858. The Morgan fingerprint density at radius 2 is 2.04 bits per heavy atom. The van der Waals surface area contributed by atoms with Crippen LogP contribution in [-0.4, -0.2) is 42.7 Å². The molecule has 0 atom stereocenters. The van der Waals surface area contributed by atoms with Gasteiger partial charge in [0, 0.05) is 49.6 Å². The van der Waals surface area contributed by atoms with Gasteiger partial charge >= 0.3 is 6.03 Å². The number of hydrogen-bond donors (Lipinski definition) is 2. The van der Waals surface area contributed by atoms with E-state index in [1.54, 1.807) is 29.4 Å². The predicted molar refractivity (Wildman–Crippen MR) is 107 cm³/mol. The number of carbonyl (C=O) groups is 2. The van der Waals surface area contributed by atoms with E-state index in [2.05, 4.69) is 15.6 Å². The summed E-state index contributed by atoms with van der Waals surface area (Å²) in [6.07, 6.45) is 6.68. The van der Waals surface area contributed by atoms with E-state index >= 15 is 0 Å². The molecule has 28 heavy (non-hydrogen) atoms. The van der Waals surface area contributed by atoms with Gasteiger partial charge in [0.2, 0.25) is 0 Å². The van der Waals surface area contributed by atoms with Gasteiger partial charge in [0.15, 0.2) is 0 Å². The van der Waals surface area contributed by atoms with Crippen LogP contribution in [0.5, 0.6) is 0 Å². The van der Waals surface area contributed by atoms with E-state index in [4.69, 9.17) is 4.74 Å². The van der Waals surface area contributed by atoms with Crippen LogP contribution in [0.2, 0.25) is 0 Å². The third-order valence-electron chi connectivity index (χ3n) is 5.17. The van der Waals surface area contributed by atoms with Crippen LogP contribution in [0, 0.1) is 0 Å². The van der Waals surface area contributed by atoms with E-state index in [1.165, 1.54) is 0 Å². The maximum Gasteiger partial charge on any atom is 0.319 e. The minimum absolute atomic E-state index is 0.0491. The lowest BCUT2D eigenvalue weighted by Gasteiger charge is -2.30. The van der Waals surface area contributed by atoms with Crippen LogP contribution in [-0.2, 0) is 11.2 Å². The molecule has 2 aromatic rings. The molecule has 1 fully saturated rings. The number of anilines is 2. The average molecular weight is 380 g/mol. The van der Waals surface area contributed by atoms with E-state index in [-0.39, 0.29) is 18.0 Å². The summed E-state index contributed by atoms with van der Waals surface area (Å²) in [6, 6.07) is 9.21. The number of aromatic nitrogens is 1. The van der Waals surface area contributed by atoms with Crippen molar-refractivity contribution < 1.29 is 14.3 Å². The molecule has 0 saturated carbocycles. The SMILES string of the molecule is O=C(Nc1ccc2c(c1)CCCN2C(=O)c1cccnc1)NC1CCOCC1. The van der Waals surface area contributed by atoms with Crippen molar-refractivity contribution in [2.75, 3.05) is 30.0 Å². The first-order valence-corrected chi connectivity index (χ1v) is 9.71. The van der Waals surface area contributed by atoms with Crippen molar-refractivity contribution in [1.29, 1.82) is 0 Å². The number of hydrogen-bond acceptors (Lipinski definition) is 4. The van der Waals surface area contributed by atoms with Gasteiger partial charge in [-0.15, -0.1) is 0 Å². The first kappa shape index (κ1) is 18.4. The van der Waals surface area contributed by atoms with Crippen LogP contribution in [0.1, 0.15) is 35.2 Å². The molecular formula is C21H24N4O3. The molecule has 2 aliphatic heterocycles. The molecule has 3 amide bonds. The fraction of sp³-hybridized carbons (Fsp3) is 0.381. The molecule has 7 heteroatoms. The maximum absolute atomic E-state index is 12.8. The monoisotopic (exact) mass is 380 g/mol. The molecule has 0 aliphatic carbocycles. The van der Waals surface area contributed by atoms with Crippen molar-refractivity contribution >= 4 is 23.3 Å². The second-order valence-corrected chi connectivity index (χ2v) is 7.13. The lowest BCUT2D eigenvalue weighted by Crippen LogP contribution is -2.41. The highest BCUT2D eigenvalue weighted by atomic mass is 16.5. The van der Waals surface area contributed by atoms with Crippen LogP contribution < -0.4 is 15.5 Å². The summed E-state index contributed by atoms with van der Waals surface area (Å²) in [6.45, 7) is 2.05. The number of nitrogens with zero attached hydrogens (tertiary/aromatic N) is 2. The summed E-state index contributed by atoms with van der Waals surface area (Å²) < 4.78 is 5.32. The molecule has 0 unspecified atom stereocenters. The minimum atomic E-state index is -0.203. The van der Waals surface area contributed by atoms with Gasteiger partial charge in [0.05, 0.1) is 5.56 Å². The van der Waals surface area contributed by atoms with Crippen molar-refractivity contribution in [3.63, 3.8) is 0 Å². The average Bonchev–Trinajstić information content (AvgIpc) is 2.74. The predicted octanol–water partition coefficient (Wildman–Crippen LogP) is 2.98. The minimum Gasteiger partial charge on any atom is -0.381 e. The highest BCUT2D eigenvalue weighted by Crippen LogP contribution is 2.30. The molecule has 0 radical (unpaired) electrons. The number of fused-ring (bicyclic) bond motifs is 1. The molecule has 0 spiro atoms. The zero-order chi connectivity index (χ0) is 19.3. The van der Waals surface area contributed by atoms with E-state index in [0.29, 0.717) is 25.3 Å². The Morgan fingerprint density at radius 1 is 1.18 bits per heavy atom. The highest BCUT2D eigenvalue weighted by Gasteiger charge is 2.24. The molecule has 1 saturated heterocycles. The lowest BCUT2D eigenvalue weighted by molar-refractivity contribution is 0.0806. The Kier molecular flexibility index (Phi) is 5.53. The van der Waals surface area contributed by atoms with Crippen molar-refractivity contribution in [1.82, 2.24) is 10.3 Å². The normalized spacial score (nSPS) is 16.9. The van der Waals surface area contributed by atoms with Gasteiger partial charge in [-0.05, 0) is 61.6 Å². The van der Waals surface area contributed by atoms with Gasteiger partial charge in [-0.2, -0.15) is 0 Å². The van der Waals surface area contributed by atoms with E-state index in [9.17, 15) is 9.59 Å². The van der Waals surface area contributed by atoms with Crippen molar-refractivity contribution in [3.8, 4) is 0 Å². The number of amides is 3. The standard InChI is InChI=1S/C21H24N4O3/c26-20(16-3-1-9-22-14-16)25-10-2-4-15-13-18(5-6-19(15)25)24-21(27)23-17-7-11-28-12-8-17/h1,3,5-6,9,13-14,17H,2,4,7-8,10-12H2,(H2,23,24,27). The van der Waals surface area contributed by atoms with Gasteiger partial charge in [-0.3, -0.25) is 9.78 Å². The summed E-state index contributed by atoms with van der Waals surface area (Å²) in [5.74, 6) is -0.0491. The zero-order valence-corrected chi connectivity index (χ0v) is 15.7. The molecule has 2 N–H and O–H groups in total. The Balaban J connectivity index is 1.45. The molecule has 146 valence electrons. The van der Waals surface area contributed by atoms with Crippen LogP contribution in [0.25, 0.3) is 0 Å². The van der Waals surface area contributed by atoms with Crippen molar-refractivity contribution in [2.24, 2.45) is 0 Å². The molecule has 2 aliphatic rings. The number of nitrogens with one attached hydrogen (secondary N) is 2. The largest absolute Gasteiger partial charge is 0.381 e. The summed E-state index contributed by atoms with van der Waals surface area (Å²) in [5.41, 5.74) is 3.27. The maximum atomic E-state index is 12.8. The number of carbonyl (C=O) groups excluding carboxylic acids is 2. The molecule has 1 aromatic heterocycles. The van der Waals surface area contributed by atoms with Crippen LogP contribution in [0.4, 0.5) is 16.2 Å². The number of ether oxygens (including phenoxy) is 1. The van der Waals surface area contributed by atoms with Gasteiger partial charge < -0.3 is 20.3 Å². The fourth-order valence-electron chi connectivity index (χ4n) is 3.73. The highest BCUT2D eigenvalue weighted by molar-refractivity contribution is 6.06. The second-order valence-electron chi connectivity index (χ2n) is 7.13. The Labute approximate surface area is 164 Å². The number of aryl methyl sites for hydroxylation is 1. The fourth-order valence-corrected chi connectivity index (χ4v) is 3.73. The molecule has 4 rings (SSSR count). The number of pyridine rings is 1. The topological polar surface area (TPSA) is 83.6 Å². The van der Waals surface area contributed by atoms with Crippen LogP contribution in [0.15, 0.2) is 42.7 Å². The summed E-state index contributed by atoms with van der Waals surface area (Å²) in [4.78, 5) is 30.9. The van der Waals surface area contributed by atoms with E-state index < -0.39 is 0 Å². The Hall–Kier alpha value is -2.93. The molecular weight excluding hydrogens is 356 g/mol. The zero-order valence-electron chi connectivity index (χ0n) is 15.7. The van der Waals surface area contributed by atoms with Gasteiger partial charge in [0.1, 0.15) is 0 Å². The molecule has 0 bridgehead atoms. The second kappa shape index (κ2) is 8.39. The summed E-state index contributed by atoms with van der Waals surface area (Å²) in [7, 11) is 0. The van der Waals surface area contributed by atoms with Crippen LogP contribution >= 0.6 is 0 Å². The Morgan fingerprint density at radius 3 is 2.82 bits per heavy atom. The van der Waals surface area contributed by atoms with Crippen LogP contribution in [0.3, 0.4) is 0 Å². The van der Waals surface area contributed by atoms with E-state index in [0.717, 1.165) is 42.6 Å². The van der Waals surface area contributed by atoms with Gasteiger partial charge in [-0.1, -0.05) is 0 Å². The first-order chi connectivity index (χ1) is 13.7. The first-order valence-electron chi connectivity index (χ1n) is 9.71. The number of rotatable bonds is 3. The summed E-state index contributed by atoms with van der Waals surface area (Å²) in [5, 5.41) is 5.91. The molecule has 3 heterocycles. The smallest absolute Gasteiger partial charge is 0.319 e. The number of urea groups is 1. The lowest BCUT2D eigenvalue weighted by atomic mass is 10.00. The third kappa shape index (κ3) is 4.14. The molecule has 1 aromatic carbocycles. The van der Waals surface area contributed by atoms with Crippen molar-refractivity contribution in [2.45, 2.75) is 31.7 Å². The van der Waals surface area contributed by atoms with Gasteiger partial charge in [-0.25, -0.2) is 4.79 Å².